The van der Waals surface area contributed by atoms with Crippen molar-refractivity contribution in [3.8, 4) is 0 Å². The van der Waals surface area contributed by atoms with Crippen LogP contribution in [0.3, 0.4) is 0 Å². The second-order valence-corrected chi connectivity index (χ2v) is 6.64. The van der Waals surface area contributed by atoms with Gasteiger partial charge in [-0.3, -0.25) is 4.79 Å². The van der Waals surface area contributed by atoms with Gasteiger partial charge >= 0.3 is 0 Å². The number of hydrogen-bond acceptors (Lipinski definition) is 4. The summed E-state index contributed by atoms with van der Waals surface area (Å²) >= 11 is 3.42. The normalized spacial score (nSPS) is 14.5. The Labute approximate surface area is 150 Å². The van der Waals surface area contributed by atoms with E-state index in [2.05, 4.69) is 31.1 Å². The Morgan fingerprint density at radius 3 is 2.88 bits per heavy atom. The van der Waals surface area contributed by atoms with Crippen LogP contribution in [0.25, 0.3) is 0 Å². The molecule has 1 amide bonds. The summed E-state index contributed by atoms with van der Waals surface area (Å²) in [6.45, 7) is 5.45. The quantitative estimate of drug-likeness (QED) is 0.873. The highest BCUT2D eigenvalue weighted by Gasteiger charge is 2.16. The molecule has 0 bridgehead atoms. The summed E-state index contributed by atoms with van der Waals surface area (Å²) in [7, 11) is 0. The van der Waals surface area contributed by atoms with Crippen molar-refractivity contribution in [2.45, 2.75) is 13.5 Å². The van der Waals surface area contributed by atoms with Crippen molar-refractivity contribution < 1.29 is 9.53 Å². The Kier molecular flexibility index (Phi) is 5.48. The van der Waals surface area contributed by atoms with E-state index in [4.69, 9.17) is 4.74 Å². The zero-order valence-electron chi connectivity index (χ0n) is 13.6. The minimum Gasteiger partial charge on any atom is -0.378 e. The van der Waals surface area contributed by atoms with Gasteiger partial charge in [0.05, 0.1) is 13.2 Å². The number of carbonyl (C=O) groups excluding carboxylic acids is 1. The van der Waals surface area contributed by atoms with Gasteiger partial charge in [0.15, 0.2) is 0 Å². The van der Waals surface area contributed by atoms with Gasteiger partial charge in [-0.15, -0.1) is 0 Å². The van der Waals surface area contributed by atoms with Crippen LogP contribution < -0.4 is 10.2 Å². The average Bonchev–Trinajstić information content (AvgIpc) is 2.61. The van der Waals surface area contributed by atoms with E-state index < -0.39 is 0 Å². The van der Waals surface area contributed by atoms with Crippen LogP contribution in [0.4, 0.5) is 5.82 Å². The fourth-order valence-corrected chi connectivity index (χ4v) is 3.26. The zero-order chi connectivity index (χ0) is 16.9. The van der Waals surface area contributed by atoms with Gasteiger partial charge in [-0.2, -0.15) is 0 Å². The van der Waals surface area contributed by atoms with Gasteiger partial charge in [0, 0.05) is 41.4 Å². The topological polar surface area (TPSA) is 54.5 Å². The molecule has 1 N–H and O–H groups in total. The molecule has 2 heterocycles. The fourth-order valence-electron chi connectivity index (χ4n) is 2.78. The minimum absolute atomic E-state index is 0.0724. The Hall–Kier alpha value is -1.92. The number of aryl methyl sites for hydroxylation is 1. The number of benzene rings is 1. The van der Waals surface area contributed by atoms with Crippen LogP contribution in [0, 0.1) is 6.92 Å². The summed E-state index contributed by atoms with van der Waals surface area (Å²) in [4.78, 5) is 19.2. The monoisotopic (exact) mass is 389 g/mol. The maximum atomic E-state index is 12.5. The van der Waals surface area contributed by atoms with Gasteiger partial charge in [-0.1, -0.05) is 22.0 Å². The smallest absolute Gasteiger partial charge is 0.251 e. The molecule has 0 spiro atoms. The number of pyridine rings is 1. The molecule has 3 rings (SSSR count). The molecule has 1 saturated heterocycles. The maximum Gasteiger partial charge on any atom is 0.251 e. The van der Waals surface area contributed by atoms with Crippen LogP contribution in [0.2, 0.25) is 0 Å². The zero-order valence-corrected chi connectivity index (χ0v) is 15.2. The molecular formula is C18H20BrN3O2. The molecule has 2 aromatic rings. The van der Waals surface area contributed by atoms with E-state index in [0.29, 0.717) is 25.3 Å². The Balaban J connectivity index is 1.71. The average molecular weight is 390 g/mol. The lowest BCUT2D eigenvalue weighted by Gasteiger charge is -2.29. The lowest BCUT2D eigenvalue weighted by molar-refractivity contribution is 0.0950. The molecule has 6 heteroatoms. The predicted molar refractivity (Wildman–Crippen MR) is 97.3 cm³/mol. The van der Waals surface area contributed by atoms with E-state index in [1.165, 1.54) is 0 Å². The first kappa shape index (κ1) is 16.9. The molecule has 24 heavy (non-hydrogen) atoms. The van der Waals surface area contributed by atoms with Crippen molar-refractivity contribution in [3.05, 3.63) is 57.7 Å². The number of hydrogen-bond donors (Lipinski definition) is 1. The third-order valence-electron chi connectivity index (χ3n) is 4.05. The van der Waals surface area contributed by atoms with Crippen molar-refractivity contribution in [2.75, 3.05) is 31.2 Å². The Bertz CT molecular complexity index is 730. The first-order valence-electron chi connectivity index (χ1n) is 7.96. The van der Waals surface area contributed by atoms with Crippen LogP contribution in [-0.4, -0.2) is 37.2 Å². The molecule has 1 aromatic carbocycles. The van der Waals surface area contributed by atoms with Gasteiger partial charge in [0.2, 0.25) is 0 Å². The predicted octanol–water partition coefficient (Wildman–Crippen LogP) is 2.92. The molecule has 1 aliphatic heterocycles. The largest absolute Gasteiger partial charge is 0.378 e. The van der Waals surface area contributed by atoms with Crippen molar-refractivity contribution in [1.82, 2.24) is 10.3 Å². The van der Waals surface area contributed by atoms with Crippen LogP contribution in [-0.2, 0) is 11.3 Å². The van der Waals surface area contributed by atoms with Gasteiger partial charge in [-0.05, 0) is 36.8 Å². The van der Waals surface area contributed by atoms with Crippen molar-refractivity contribution in [1.29, 1.82) is 0 Å². The van der Waals surface area contributed by atoms with Crippen molar-refractivity contribution in [3.63, 3.8) is 0 Å². The summed E-state index contributed by atoms with van der Waals surface area (Å²) < 4.78 is 6.37. The number of carbonyl (C=O) groups is 1. The molecule has 126 valence electrons. The number of nitrogens with one attached hydrogen (secondary N) is 1. The summed E-state index contributed by atoms with van der Waals surface area (Å²) in [5, 5.41) is 3.00. The molecule has 1 aromatic heterocycles. The van der Waals surface area contributed by atoms with Crippen LogP contribution >= 0.6 is 15.9 Å². The van der Waals surface area contributed by atoms with Crippen molar-refractivity contribution >= 4 is 27.7 Å². The Morgan fingerprint density at radius 2 is 2.12 bits per heavy atom. The lowest BCUT2D eigenvalue weighted by Crippen LogP contribution is -2.37. The highest BCUT2D eigenvalue weighted by molar-refractivity contribution is 9.10. The van der Waals surface area contributed by atoms with Gasteiger partial charge < -0.3 is 15.0 Å². The second kappa shape index (κ2) is 7.77. The summed E-state index contributed by atoms with van der Waals surface area (Å²) in [6.07, 6.45) is 1.79. The number of amides is 1. The van der Waals surface area contributed by atoms with E-state index in [0.717, 1.165) is 34.5 Å². The third kappa shape index (κ3) is 3.94. The van der Waals surface area contributed by atoms with Crippen LogP contribution in [0.5, 0.6) is 0 Å². The summed E-state index contributed by atoms with van der Waals surface area (Å²) in [5.74, 6) is 0.852. The van der Waals surface area contributed by atoms with E-state index in [-0.39, 0.29) is 5.91 Å². The number of morpholine rings is 1. The first-order chi connectivity index (χ1) is 11.6. The number of aromatic nitrogens is 1. The minimum atomic E-state index is -0.0724. The molecule has 0 atom stereocenters. The first-order valence-corrected chi connectivity index (χ1v) is 8.75. The van der Waals surface area contributed by atoms with Gasteiger partial charge in [0.25, 0.3) is 5.91 Å². The summed E-state index contributed by atoms with van der Waals surface area (Å²) in [6, 6.07) is 9.56. The second-order valence-electron chi connectivity index (χ2n) is 5.73. The number of nitrogens with zero attached hydrogens (tertiary/aromatic N) is 2. The maximum absolute atomic E-state index is 12.5. The molecule has 1 aliphatic rings. The summed E-state index contributed by atoms with van der Waals surface area (Å²) in [5.41, 5.74) is 2.65. The number of halogens is 1. The van der Waals surface area contributed by atoms with Gasteiger partial charge in [0.1, 0.15) is 5.82 Å². The molecular weight excluding hydrogens is 370 g/mol. The van der Waals surface area contributed by atoms with E-state index in [9.17, 15) is 4.79 Å². The van der Waals surface area contributed by atoms with Crippen LogP contribution in [0.1, 0.15) is 21.5 Å². The molecule has 5 nitrogen and oxygen atoms in total. The molecule has 0 saturated carbocycles. The highest BCUT2D eigenvalue weighted by atomic mass is 79.9. The SMILES string of the molecule is Cc1cc(Br)ccc1C(=O)NCc1cccnc1N1CCOCC1. The van der Waals surface area contributed by atoms with Crippen LogP contribution in [0.15, 0.2) is 41.0 Å². The highest BCUT2D eigenvalue weighted by Crippen LogP contribution is 2.19. The number of rotatable bonds is 4. The molecule has 0 unspecified atom stereocenters. The number of anilines is 1. The standard InChI is InChI=1S/C18H20BrN3O2/c1-13-11-15(19)4-5-16(13)18(23)21-12-14-3-2-6-20-17(14)22-7-9-24-10-8-22/h2-6,11H,7-10,12H2,1H3,(H,21,23). The van der Waals surface area contributed by atoms with E-state index >= 15 is 0 Å². The van der Waals surface area contributed by atoms with Crippen molar-refractivity contribution in [2.24, 2.45) is 0 Å². The van der Waals surface area contributed by atoms with Gasteiger partial charge in [-0.25, -0.2) is 4.98 Å². The molecule has 1 fully saturated rings. The van der Waals surface area contributed by atoms with E-state index in [1.54, 1.807) is 6.20 Å². The van der Waals surface area contributed by atoms with E-state index in [1.807, 2.05) is 37.3 Å². The molecule has 0 aliphatic carbocycles. The lowest BCUT2D eigenvalue weighted by atomic mass is 10.1. The molecule has 0 radical (unpaired) electrons. The number of ether oxygens (including phenoxy) is 1. The fraction of sp³-hybridized carbons (Fsp3) is 0.333. The third-order valence-corrected chi connectivity index (χ3v) is 4.54. The Morgan fingerprint density at radius 1 is 1.33 bits per heavy atom.